The molecule has 0 aromatic heterocycles. The van der Waals surface area contributed by atoms with Crippen LogP contribution in [0.15, 0.2) is 47.4 Å². The summed E-state index contributed by atoms with van der Waals surface area (Å²) in [6.07, 6.45) is 0. The molecule has 1 aromatic carbocycles. The first kappa shape index (κ1) is 13.8. The summed E-state index contributed by atoms with van der Waals surface area (Å²) in [6.45, 7) is 4.17. The van der Waals surface area contributed by atoms with Gasteiger partial charge >= 0.3 is 5.97 Å². The van der Waals surface area contributed by atoms with Gasteiger partial charge in [-0.3, -0.25) is 0 Å². The molecule has 0 amide bonds. The maximum absolute atomic E-state index is 11.3. The van der Waals surface area contributed by atoms with Gasteiger partial charge in [0.2, 0.25) is 0 Å². The van der Waals surface area contributed by atoms with E-state index in [-0.39, 0.29) is 5.57 Å². The highest BCUT2D eigenvalue weighted by atomic mass is 32.2. The minimum absolute atomic E-state index is 0.158. The number of carbonyl (C=O) groups is 1. The summed E-state index contributed by atoms with van der Waals surface area (Å²) < 4.78 is 4.78. The molecule has 1 unspecified atom stereocenters. The smallest absolute Gasteiger partial charge is 0.336 e. The fourth-order valence-electron chi connectivity index (χ4n) is 0.990. The highest BCUT2D eigenvalue weighted by Crippen LogP contribution is 2.31. The highest BCUT2D eigenvalue weighted by molar-refractivity contribution is 8.00. The van der Waals surface area contributed by atoms with Gasteiger partial charge in [-0.05, 0) is 30.8 Å². The fourth-order valence-corrected chi connectivity index (χ4v) is 1.83. The molecule has 0 saturated heterocycles. The van der Waals surface area contributed by atoms with Crippen LogP contribution < -0.4 is 0 Å². The lowest BCUT2D eigenvalue weighted by Crippen LogP contribution is -2.35. The average Bonchev–Trinajstić information content (AvgIpc) is 2.30. The molecule has 0 aliphatic heterocycles. The molecule has 92 valence electrons. The van der Waals surface area contributed by atoms with E-state index in [1.54, 1.807) is 24.3 Å². The summed E-state index contributed by atoms with van der Waals surface area (Å²) in [6, 6.07) is 8.85. The summed E-state index contributed by atoms with van der Waals surface area (Å²) in [5.74, 6) is -0.745. The van der Waals surface area contributed by atoms with Crippen molar-refractivity contribution in [3.63, 3.8) is 0 Å². The zero-order valence-corrected chi connectivity index (χ0v) is 10.2. The Kier molecular flexibility index (Phi) is 4.74. The molecule has 0 aliphatic carbocycles. The number of ether oxygens (including phenoxy) is 1. The predicted molar refractivity (Wildman–Crippen MR) is 65.2 cm³/mol. The second-order valence-corrected chi connectivity index (χ2v) is 4.77. The number of aliphatic hydroxyl groups excluding tert-OH is 1. The van der Waals surface area contributed by atoms with Gasteiger partial charge in [0.25, 0.3) is 5.12 Å². The van der Waals surface area contributed by atoms with Crippen molar-refractivity contribution in [1.29, 1.82) is 0 Å². The van der Waals surface area contributed by atoms with Gasteiger partial charge in [0, 0.05) is 10.5 Å². The second kappa shape index (κ2) is 5.86. The SMILES string of the molecule is C=C(C)C(=O)OC(O)(CO)Sc1ccccc1. The Labute approximate surface area is 104 Å². The zero-order chi connectivity index (χ0) is 12.9. The van der Waals surface area contributed by atoms with Gasteiger partial charge in [0.15, 0.2) is 0 Å². The maximum atomic E-state index is 11.3. The van der Waals surface area contributed by atoms with Crippen LogP contribution in [-0.2, 0) is 9.53 Å². The zero-order valence-electron chi connectivity index (χ0n) is 9.42. The summed E-state index contributed by atoms with van der Waals surface area (Å²) in [5.41, 5.74) is 0.158. The summed E-state index contributed by atoms with van der Waals surface area (Å²) in [5, 5.41) is 17.0. The lowest BCUT2D eigenvalue weighted by Gasteiger charge is -2.24. The van der Waals surface area contributed by atoms with E-state index in [1.807, 2.05) is 6.07 Å². The Morgan fingerprint density at radius 3 is 2.53 bits per heavy atom. The van der Waals surface area contributed by atoms with Crippen LogP contribution in [0.25, 0.3) is 0 Å². The number of hydrogen-bond acceptors (Lipinski definition) is 5. The first-order valence-corrected chi connectivity index (χ1v) is 5.74. The maximum Gasteiger partial charge on any atom is 0.336 e. The molecule has 1 aromatic rings. The van der Waals surface area contributed by atoms with Gasteiger partial charge in [-0.2, -0.15) is 0 Å². The van der Waals surface area contributed by atoms with Crippen LogP contribution in [-0.4, -0.2) is 27.9 Å². The van der Waals surface area contributed by atoms with E-state index < -0.39 is 17.7 Å². The van der Waals surface area contributed by atoms with Crippen molar-refractivity contribution in [1.82, 2.24) is 0 Å². The van der Waals surface area contributed by atoms with E-state index in [0.717, 1.165) is 11.8 Å². The molecule has 0 radical (unpaired) electrons. The molecule has 0 aliphatic rings. The van der Waals surface area contributed by atoms with Crippen LogP contribution >= 0.6 is 11.8 Å². The van der Waals surface area contributed by atoms with Gasteiger partial charge in [-0.25, -0.2) is 4.79 Å². The number of esters is 1. The van der Waals surface area contributed by atoms with Crippen LogP contribution in [0.1, 0.15) is 6.92 Å². The lowest BCUT2D eigenvalue weighted by molar-refractivity contribution is -0.180. The quantitative estimate of drug-likeness (QED) is 0.361. The van der Waals surface area contributed by atoms with Crippen molar-refractivity contribution < 1.29 is 19.7 Å². The van der Waals surface area contributed by atoms with E-state index in [9.17, 15) is 9.90 Å². The third kappa shape index (κ3) is 4.22. The molecule has 0 spiro atoms. The van der Waals surface area contributed by atoms with Crippen LogP contribution in [0.4, 0.5) is 0 Å². The lowest BCUT2D eigenvalue weighted by atomic mass is 10.4. The standard InChI is InChI=1S/C12H14O4S/c1-9(2)11(14)16-12(15,8-13)17-10-6-4-3-5-7-10/h3-7,13,15H,1,8H2,2H3. The molecule has 0 heterocycles. The van der Waals surface area contributed by atoms with E-state index in [0.29, 0.717) is 4.90 Å². The molecule has 2 N–H and O–H groups in total. The van der Waals surface area contributed by atoms with Crippen LogP contribution in [0.3, 0.4) is 0 Å². The minimum Gasteiger partial charge on any atom is -0.417 e. The summed E-state index contributed by atoms with van der Waals surface area (Å²) in [7, 11) is 0. The monoisotopic (exact) mass is 254 g/mol. The van der Waals surface area contributed by atoms with Crippen molar-refractivity contribution >= 4 is 17.7 Å². The van der Waals surface area contributed by atoms with Gasteiger partial charge in [0.1, 0.15) is 6.61 Å². The first-order chi connectivity index (χ1) is 7.97. The van der Waals surface area contributed by atoms with Crippen molar-refractivity contribution in [3.05, 3.63) is 42.5 Å². The number of hydrogen-bond donors (Lipinski definition) is 2. The Balaban J connectivity index is 2.75. The molecule has 5 heteroatoms. The Morgan fingerprint density at radius 2 is 2.06 bits per heavy atom. The molecule has 0 fully saturated rings. The van der Waals surface area contributed by atoms with Crippen molar-refractivity contribution in [3.8, 4) is 0 Å². The van der Waals surface area contributed by atoms with Gasteiger partial charge in [0.05, 0.1) is 0 Å². The molecule has 1 rings (SSSR count). The van der Waals surface area contributed by atoms with E-state index in [2.05, 4.69) is 6.58 Å². The number of thioether (sulfide) groups is 1. The Morgan fingerprint density at radius 1 is 1.47 bits per heavy atom. The predicted octanol–water partition coefficient (Wildman–Crippen LogP) is 1.54. The van der Waals surface area contributed by atoms with Crippen LogP contribution in [0.2, 0.25) is 0 Å². The number of carbonyl (C=O) groups excluding carboxylic acids is 1. The molecule has 0 saturated carbocycles. The van der Waals surface area contributed by atoms with Crippen LogP contribution in [0.5, 0.6) is 0 Å². The molecular formula is C12H14O4S. The topological polar surface area (TPSA) is 66.8 Å². The third-order valence-corrected chi connectivity index (χ3v) is 2.86. The van der Waals surface area contributed by atoms with Gasteiger partial charge in [-0.1, -0.05) is 24.8 Å². The summed E-state index contributed by atoms with van der Waals surface area (Å²) >= 11 is 0.858. The Hall–Kier alpha value is -1.30. The number of rotatable bonds is 5. The second-order valence-electron chi connectivity index (χ2n) is 3.46. The molecule has 1 atom stereocenters. The normalized spacial score (nSPS) is 13.8. The van der Waals surface area contributed by atoms with E-state index >= 15 is 0 Å². The molecule has 17 heavy (non-hydrogen) atoms. The molecule has 0 bridgehead atoms. The van der Waals surface area contributed by atoms with Gasteiger partial charge in [-0.15, -0.1) is 0 Å². The minimum atomic E-state index is -1.99. The number of aliphatic hydroxyl groups is 2. The molecule has 4 nitrogen and oxygen atoms in total. The van der Waals surface area contributed by atoms with Crippen molar-refractivity contribution in [2.45, 2.75) is 16.9 Å². The first-order valence-electron chi connectivity index (χ1n) is 4.93. The summed E-state index contributed by atoms with van der Waals surface area (Å²) in [4.78, 5) is 12.0. The van der Waals surface area contributed by atoms with E-state index in [4.69, 9.17) is 9.84 Å². The van der Waals surface area contributed by atoms with E-state index in [1.165, 1.54) is 6.92 Å². The van der Waals surface area contributed by atoms with Crippen LogP contribution in [0, 0.1) is 0 Å². The van der Waals surface area contributed by atoms with Crippen molar-refractivity contribution in [2.75, 3.05) is 6.61 Å². The fraction of sp³-hybridized carbons (Fsp3) is 0.250. The average molecular weight is 254 g/mol. The Bertz CT molecular complexity index is 404. The molecular weight excluding hydrogens is 240 g/mol. The third-order valence-electron chi connectivity index (χ3n) is 1.82. The number of benzene rings is 1. The van der Waals surface area contributed by atoms with Gasteiger partial charge < -0.3 is 14.9 Å². The largest absolute Gasteiger partial charge is 0.417 e. The highest BCUT2D eigenvalue weighted by Gasteiger charge is 2.32. The van der Waals surface area contributed by atoms with Crippen molar-refractivity contribution in [2.24, 2.45) is 0 Å².